The molecule has 0 saturated carbocycles. The van der Waals surface area contributed by atoms with Crippen molar-refractivity contribution >= 4 is 17.7 Å². The van der Waals surface area contributed by atoms with Crippen LogP contribution in [0.5, 0.6) is 0 Å². The van der Waals surface area contributed by atoms with E-state index in [-0.39, 0.29) is 18.2 Å². The summed E-state index contributed by atoms with van der Waals surface area (Å²) in [4.78, 5) is 40.5. The fourth-order valence-corrected chi connectivity index (χ4v) is 3.75. The van der Waals surface area contributed by atoms with E-state index in [0.717, 1.165) is 5.56 Å². The Kier molecular flexibility index (Phi) is 6.91. The predicted molar refractivity (Wildman–Crippen MR) is 117 cm³/mol. The molecule has 1 heterocycles. The first-order valence-corrected chi connectivity index (χ1v) is 10.1. The summed E-state index contributed by atoms with van der Waals surface area (Å²) < 4.78 is 6.70. The number of amides is 1. The summed E-state index contributed by atoms with van der Waals surface area (Å²) in [7, 11) is 1.33. The minimum absolute atomic E-state index is 0.0772. The predicted octanol–water partition coefficient (Wildman–Crippen LogP) is 4.34. The van der Waals surface area contributed by atoms with Crippen molar-refractivity contribution in [3.63, 3.8) is 0 Å². The van der Waals surface area contributed by atoms with Crippen molar-refractivity contribution < 1.29 is 19.1 Å². The van der Waals surface area contributed by atoms with Gasteiger partial charge in [0.25, 0.3) is 5.91 Å². The Morgan fingerprint density at radius 3 is 2.07 bits per heavy atom. The number of rotatable bonds is 6. The highest BCUT2D eigenvalue weighted by Gasteiger charge is 2.32. The monoisotopic (exact) mass is 412 g/mol. The van der Waals surface area contributed by atoms with Gasteiger partial charge in [-0.2, -0.15) is 0 Å². The van der Waals surface area contributed by atoms with Crippen LogP contribution in [0, 0.1) is 20.8 Å². The average molecular weight is 413 g/mol. The van der Waals surface area contributed by atoms with Crippen molar-refractivity contribution in [1.29, 1.82) is 0 Å². The van der Waals surface area contributed by atoms with Crippen molar-refractivity contribution in [2.75, 3.05) is 13.7 Å². The Hall–Kier alpha value is -2.89. The Labute approximate surface area is 178 Å². The van der Waals surface area contributed by atoms with Crippen LogP contribution in [0.1, 0.15) is 75.7 Å². The molecule has 6 heteroatoms. The highest BCUT2D eigenvalue weighted by molar-refractivity contribution is 6.06. The first-order valence-electron chi connectivity index (χ1n) is 10.1. The Morgan fingerprint density at radius 1 is 1.03 bits per heavy atom. The highest BCUT2D eigenvalue weighted by atomic mass is 16.5. The molecule has 0 radical (unpaired) electrons. The highest BCUT2D eigenvalue weighted by Crippen LogP contribution is 2.26. The van der Waals surface area contributed by atoms with Crippen LogP contribution in [0.4, 0.5) is 0 Å². The van der Waals surface area contributed by atoms with Crippen LogP contribution in [-0.4, -0.2) is 46.3 Å². The lowest BCUT2D eigenvalue weighted by Gasteiger charge is -2.35. The maximum atomic E-state index is 13.4. The van der Waals surface area contributed by atoms with E-state index in [4.69, 9.17) is 4.74 Å². The van der Waals surface area contributed by atoms with E-state index in [2.05, 4.69) is 0 Å². The number of hydrogen-bond acceptors (Lipinski definition) is 4. The number of nitrogens with zero attached hydrogens (tertiary/aromatic N) is 2. The maximum Gasteiger partial charge on any atom is 0.354 e. The van der Waals surface area contributed by atoms with Crippen molar-refractivity contribution in [2.24, 2.45) is 0 Å². The lowest BCUT2D eigenvalue weighted by molar-refractivity contribution is 0.0546. The summed E-state index contributed by atoms with van der Waals surface area (Å²) in [5.74, 6) is -0.869. The zero-order valence-corrected chi connectivity index (χ0v) is 19.3. The van der Waals surface area contributed by atoms with E-state index in [1.807, 2.05) is 53.7 Å². The molecule has 0 saturated heterocycles. The van der Waals surface area contributed by atoms with Crippen LogP contribution < -0.4 is 0 Å². The number of ketones is 1. The van der Waals surface area contributed by atoms with E-state index in [9.17, 15) is 14.4 Å². The van der Waals surface area contributed by atoms with Gasteiger partial charge < -0.3 is 14.2 Å². The zero-order valence-electron chi connectivity index (χ0n) is 19.3. The molecule has 2 aromatic rings. The molecule has 0 atom stereocenters. The summed E-state index contributed by atoms with van der Waals surface area (Å²) in [6.45, 7) is 13.6. The molecule has 30 heavy (non-hydrogen) atoms. The third-order valence-electron chi connectivity index (χ3n) is 5.40. The summed E-state index contributed by atoms with van der Waals surface area (Å²) in [5, 5.41) is 0. The Morgan fingerprint density at radius 2 is 1.60 bits per heavy atom. The molecule has 162 valence electrons. The van der Waals surface area contributed by atoms with Gasteiger partial charge in [-0.25, -0.2) is 4.79 Å². The Balaban J connectivity index is 2.46. The molecule has 0 aliphatic heterocycles. The number of ether oxygens (including phenoxy) is 1. The molecule has 1 aromatic carbocycles. The van der Waals surface area contributed by atoms with E-state index in [1.165, 1.54) is 7.11 Å². The van der Waals surface area contributed by atoms with Gasteiger partial charge in [0.2, 0.25) is 0 Å². The summed E-state index contributed by atoms with van der Waals surface area (Å²) in [6, 6.07) is 7.32. The normalized spacial score (nSPS) is 11.3. The van der Waals surface area contributed by atoms with Gasteiger partial charge in [-0.3, -0.25) is 9.59 Å². The van der Waals surface area contributed by atoms with Gasteiger partial charge in [-0.05, 0) is 66.2 Å². The van der Waals surface area contributed by atoms with Crippen LogP contribution in [0.3, 0.4) is 0 Å². The molecule has 0 unspecified atom stereocenters. The van der Waals surface area contributed by atoms with Crippen LogP contribution in [-0.2, 0) is 11.3 Å². The second-order valence-electron chi connectivity index (χ2n) is 8.52. The smallest absolute Gasteiger partial charge is 0.354 e. The van der Waals surface area contributed by atoms with E-state index < -0.39 is 11.5 Å². The summed E-state index contributed by atoms with van der Waals surface area (Å²) >= 11 is 0. The number of carbonyl (C=O) groups is 3. The van der Waals surface area contributed by atoms with Gasteiger partial charge in [0.15, 0.2) is 5.78 Å². The minimum Gasteiger partial charge on any atom is -0.464 e. The molecule has 2 rings (SSSR count). The van der Waals surface area contributed by atoms with Gasteiger partial charge in [0.05, 0.1) is 13.7 Å². The number of aryl methyl sites for hydroxylation is 1. The van der Waals surface area contributed by atoms with Crippen molar-refractivity contribution in [2.45, 2.75) is 60.5 Å². The second kappa shape index (κ2) is 8.86. The molecular formula is C24H32N2O4. The van der Waals surface area contributed by atoms with Gasteiger partial charge in [0, 0.05) is 28.9 Å². The van der Waals surface area contributed by atoms with E-state index in [1.54, 1.807) is 28.5 Å². The van der Waals surface area contributed by atoms with Crippen LogP contribution in [0.15, 0.2) is 24.3 Å². The number of esters is 1. The third kappa shape index (κ3) is 4.48. The molecule has 0 aliphatic carbocycles. The number of hydrogen-bond donors (Lipinski definition) is 0. The number of Topliss-reactive ketones (excluding diaryl/α,β-unsaturated/α-hetero) is 1. The lowest BCUT2D eigenvalue weighted by Crippen LogP contribution is -2.48. The SMILES string of the molecule is CCn1c(C)c(C(=O)CN(C(=O)c2ccc(C)cc2)C(C)(C)C)c(C)c1C(=O)OC. The van der Waals surface area contributed by atoms with Crippen molar-refractivity contribution in [3.8, 4) is 0 Å². The zero-order chi connectivity index (χ0) is 22.8. The van der Waals surface area contributed by atoms with Gasteiger partial charge in [0.1, 0.15) is 5.69 Å². The molecule has 0 aliphatic rings. The quantitative estimate of drug-likeness (QED) is 0.523. The van der Waals surface area contributed by atoms with Crippen LogP contribution in [0.2, 0.25) is 0 Å². The number of methoxy groups -OCH3 is 1. The minimum atomic E-state index is -0.558. The Bertz CT molecular complexity index is 963. The molecule has 1 aromatic heterocycles. The van der Waals surface area contributed by atoms with Crippen molar-refractivity contribution in [3.05, 3.63) is 57.9 Å². The van der Waals surface area contributed by atoms with Gasteiger partial charge in [-0.1, -0.05) is 17.7 Å². The average Bonchev–Trinajstić information content (AvgIpc) is 2.94. The molecule has 0 fully saturated rings. The third-order valence-corrected chi connectivity index (χ3v) is 5.40. The molecule has 6 nitrogen and oxygen atoms in total. The first-order chi connectivity index (χ1) is 13.9. The molecule has 0 spiro atoms. The standard InChI is InChI=1S/C24H32N2O4/c1-9-25-17(4)20(16(3)21(25)23(29)30-8)19(27)14-26(24(5,6)7)22(28)18-12-10-15(2)11-13-18/h10-13H,9,14H2,1-8H3. The number of carbonyl (C=O) groups excluding carboxylic acids is 3. The number of aromatic nitrogens is 1. The maximum absolute atomic E-state index is 13.4. The summed E-state index contributed by atoms with van der Waals surface area (Å²) in [5.41, 5.74) is 3.19. The summed E-state index contributed by atoms with van der Waals surface area (Å²) in [6.07, 6.45) is 0. The first kappa shape index (κ1) is 23.4. The van der Waals surface area contributed by atoms with E-state index >= 15 is 0 Å². The van der Waals surface area contributed by atoms with Gasteiger partial charge in [-0.15, -0.1) is 0 Å². The van der Waals surface area contributed by atoms with Gasteiger partial charge >= 0.3 is 5.97 Å². The van der Waals surface area contributed by atoms with E-state index in [0.29, 0.717) is 34.6 Å². The molecule has 1 amide bonds. The largest absolute Gasteiger partial charge is 0.464 e. The number of benzene rings is 1. The fourth-order valence-electron chi connectivity index (χ4n) is 3.75. The fraction of sp³-hybridized carbons (Fsp3) is 0.458. The second-order valence-corrected chi connectivity index (χ2v) is 8.52. The molecule has 0 bridgehead atoms. The lowest BCUT2D eigenvalue weighted by atomic mass is 10.00. The van der Waals surface area contributed by atoms with Crippen LogP contribution >= 0.6 is 0 Å². The van der Waals surface area contributed by atoms with Crippen LogP contribution in [0.25, 0.3) is 0 Å². The topological polar surface area (TPSA) is 68.6 Å². The van der Waals surface area contributed by atoms with Crippen molar-refractivity contribution in [1.82, 2.24) is 9.47 Å². The molecule has 0 N–H and O–H groups in total. The molecular weight excluding hydrogens is 380 g/mol.